The molecule has 2 saturated heterocycles. The van der Waals surface area contributed by atoms with E-state index >= 15 is 0 Å². The van der Waals surface area contributed by atoms with Gasteiger partial charge in [0.1, 0.15) is 0 Å². The van der Waals surface area contributed by atoms with Crippen LogP contribution in [0.3, 0.4) is 0 Å². The average Bonchev–Trinajstić information content (AvgIpc) is 3.18. The summed E-state index contributed by atoms with van der Waals surface area (Å²) in [5, 5.41) is 4.36. The lowest BCUT2D eigenvalue weighted by Gasteiger charge is -2.39. The SMILES string of the molecule is Cn1ccc(CC(=O)N2CC[C@@H](OCC3CCOCC3)[C@H](Cc3ccccc3)C2)n1. The molecule has 162 valence electrons. The second-order valence-corrected chi connectivity index (χ2v) is 8.66. The van der Waals surface area contributed by atoms with Crippen LogP contribution in [-0.2, 0) is 34.2 Å². The van der Waals surface area contributed by atoms with E-state index in [1.165, 1.54) is 5.56 Å². The number of rotatable bonds is 7. The van der Waals surface area contributed by atoms with Crippen molar-refractivity contribution in [3.63, 3.8) is 0 Å². The predicted molar refractivity (Wildman–Crippen MR) is 115 cm³/mol. The first-order valence-corrected chi connectivity index (χ1v) is 11.2. The van der Waals surface area contributed by atoms with Crippen LogP contribution in [-0.4, -0.2) is 59.6 Å². The normalized spacial score (nSPS) is 22.9. The summed E-state index contributed by atoms with van der Waals surface area (Å²) in [6.45, 7) is 4.01. The van der Waals surface area contributed by atoms with Crippen LogP contribution in [0.1, 0.15) is 30.5 Å². The van der Waals surface area contributed by atoms with Crippen LogP contribution in [0.5, 0.6) is 0 Å². The van der Waals surface area contributed by atoms with E-state index in [9.17, 15) is 4.79 Å². The first-order valence-electron chi connectivity index (χ1n) is 11.2. The molecule has 0 spiro atoms. The maximum absolute atomic E-state index is 12.9. The van der Waals surface area contributed by atoms with Gasteiger partial charge in [-0.25, -0.2) is 0 Å². The second-order valence-electron chi connectivity index (χ2n) is 8.66. The van der Waals surface area contributed by atoms with Crippen LogP contribution in [0, 0.1) is 11.8 Å². The first kappa shape index (κ1) is 21.1. The Morgan fingerprint density at radius 2 is 1.97 bits per heavy atom. The molecule has 4 rings (SSSR count). The molecule has 6 nitrogen and oxygen atoms in total. The molecule has 1 aromatic heterocycles. The Bertz CT molecular complexity index is 801. The molecule has 2 fully saturated rings. The number of ether oxygens (including phenoxy) is 2. The average molecular weight is 412 g/mol. The van der Waals surface area contributed by atoms with Crippen molar-refractivity contribution in [3.8, 4) is 0 Å². The molecule has 1 amide bonds. The third-order valence-corrected chi connectivity index (χ3v) is 6.35. The van der Waals surface area contributed by atoms with Gasteiger partial charge in [-0.05, 0) is 43.2 Å². The fourth-order valence-corrected chi connectivity index (χ4v) is 4.57. The van der Waals surface area contributed by atoms with Gasteiger partial charge in [-0.15, -0.1) is 0 Å². The van der Waals surface area contributed by atoms with Crippen molar-refractivity contribution in [2.45, 2.75) is 38.2 Å². The zero-order chi connectivity index (χ0) is 20.8. The van der Waals surface area contributed by atoms with Gasteiger partial charge in [0.25, 0.3) is 0 Å². The lowest BCUT2D eigenvalue weighted by molar-refractivity contribution is -0.136. The Balaban J connectivity index is 1.38. The molecule has 3 heterocycles. The van der Waals surface area contributed by atoms with E-state index in [1.807, 2.05) is 30.3 Å². The largest absolute Gasteiger partial charge is 0.381 e. The molecule has 1 aromatic carbocycles. The first-order chi connectivity index (χ1) is 14.7. The number of nitrogens with zero attached hydrogens (tertiary/aromatic N) is 3. The molecule has 0 N–H and O–H groups in total. The highest BCUT2D eigenvalue weighted by molar-refractivity contribution is 5.78. The van der Waals surface area contributed by atoms with E-state index in [0.29, 0.717) is 18.3 Å². The number of amides is 1. The number of hydrogen-bond acceptors (Lipinski definition) is 4. The number of carbonyl (C=O) groups is 1. The summed E-state index contributed by atoms with van der Waals surface area (Å²) in [6, 6.07) is 12.5. The van der Waals surface area contributed by atoms with Crippen LogP contribution >= 0.6 is 0 Å². The van der Waals surface area contributed by atoms with Crippen LogP contribution in [0.2, 0.25) is 0 Å². The molecular weight excluding hydrogens is 378 g/mol. The van der Waals surface area contributed by atoms with Crippen molar-refractivity contribution < 1.29 is 14.3 Å². The maximum atomic E-state index is 12.9. The second kappa shape index (κ2) is 10.2. The zero-order valence-corrected chi connectivity index (χ0v) is 17.9. The van der Waals surface area contributed by atoms with Crippen LogP contribution in [0.4, 0.5) is 0 Å². The summed E-state index contributed by atoms with van der Waals surface area (Å²) in [5.41, 5.74) is 2.14. The highest BCUT2D eigenvalue weighted by Gasteiger charge is 2.33. The van der Waals surface area contributed by atoms with Crippen molar-refractivity contribution in [1.82, 2.24) is 14.7 Å². The number of aryl methyl sites for hydroxylation is 1. The molecule has 2 aliphatic rings. The monoisotopic (exact) mass is 411 g/mol. The molecule has 30 heavy (non-hydrogen) atoms. The molecular formula is C24H33N3O3. The Morgan fingerprint density at radius 3 is 2.70 bits per heavy atom. The summed E-state index contributed by atoms with van der Waals surface area (Å²) >= 11 is 0. The highest BCUT2D eigenvalue weighted by Crippen LogP contribution is 2.26. The summed E-state index contributed by atoms with van der Waals surface area (Å²) in [5.74, 6) is 1.07. The molecule has 2 atom stereocenters. The van der Waals surface area contributed by atoms with Gasteiger partial charge >= 0.3 is 0 Å². The van der Waals surface area contributed by atoms with E-state index < -0.39 is 0 Å². The van der Waals surface area contributed by atoms with E-state index in [-0.39, 0.29) is 12.0 Å². The van der Waals surface area contributed by atoms with E-state index in [0.717, 1.165) is 64.3 Å². The molecule has 0 saturated carbocycles. The lowest BCUT2D eigenvalue weighted by Crippen LogP contribution is -2.48. The Morgan fingerprint density at radius 1 is 1.17 bits per heavy atom. The fraction of sp³-hybridized carbons (Fsp3) is 0.583. The Hall–Kier alpha value is -2.18. The van der Waals surface area contributed by atoms with E-state index in [4.69, 9.17) is 9.47 Å². The standard InChI is InChI=1S/C24H33N3O3/c1-26-11-7-22(25-26)16-24(28)27-12-8-23(30-18-20-9-13-29-14-10-20)21(17-27)15-19-5-3-2-4-6-19/h2-7,11,20-21,23H,8-10,12-18H2,1H3/t21-,23-/m1/s1. The summed E-state index contributed by atoms with van der Waals surface area (Å²) in [7, 11) is 1.88. The summed E-state index contributed by atoms with van der Waals surface area (Å²) in [4.78, 5) is 14.9. The number of likely N-dealkylation sites (tertiary alicyclic amines) is 1. The van der Waals surface area contributed by atoms with Gasteiger partial charge in [-0.1, -0.05) is 30.3 Å². The smallest absolute Gasteiger partial charge is 0.228 e. The van der Waals surface area contributed by atoms with Gasteiger partial charge in [-0.3, -0.25) is 9.48 Å². The maximum Gasteiger partial charge on any atom is 0.228 e. The van der Waals surface area contributed by atoms with Gasteiger partial charge < -0.3 is 14.4 Å². The number of aromatic nitrogens is 2. The summed E-state index contributed by atoms with van der Waals surface area (Å²) in [6.07, 6.45) is 6.47. The van der Waals surface area contributed by atoms with Crippen LogP contribution in [0.15, 0.2) is 42.6 Å². The van der Waals surface area contributed by atoms with Crippen LogP contribution < -0.4 is 0 Å². The highest BCUT2D eigenvalue weighted by atomic mass is 16.5. The Kier molecular flexibility index (Phi) is 7.18. The van der Waals surface area contributed by atoms with Crippen molar-refractivity contribution in [3.05, 3.63) is 53.9 Å². The van der Waals surface area contributed by atoms with Crippen molar-refractivity contribution >= 4 is 5.91 Å². The van der Waals surface area contributed by atoms with Gasteiger partial charge in [0, 0.05) is 52.1 Å². The third-order valence-electron chi connectivity index (χ3n) is 6.35. The molecule has 2 aromatic rings. The van der Waals surface area contributed by atoms with E-state index in [1.54, 1.807) is 4.68 Å². The number of carbonyl (C=O) groups excluding carboxylic acids is 1. The van der Waals surface area contributed by atoms with Gasteiger partial charge in [-0.2, -0.15) is 5.10 Å². The van der Waals surface area contributed by atoms with Gasteiger partial charge in [0.05, 0.1) is 18.2 Å². The van der Waals surface area contributed by atoms with Crippen molar-refractivity contribution in [2.75, 3.05) is 32.9 Å². The molecule has 0 bridgehead atoms. The number of benzene rings is 1. The third kappa shape index (κ3) is 5.70. The fourth-order valence-electron chi connectivity index (χ4n) is 4.57. The Labute approximate surface area is 179 Å². The van der Waals surface area contributed by atoms with Crippen molar-refractivity contribution in [2.24, 2.45) is 18.9 Å². The minimum absolute atomic E-state index is 0.162. The minimum atomic E-state index is 0.162. The van der Waals surface area contributed by atoms with Crippen LogP contribution in [0.25, 0.3) is 0 Å². The van der Waals surface area contributed by atoms with E-state index in [2.05, 4.69) is 29.4 Å². The molecule has 6 heteroatoms. The van der Waals surface area contributed by atoms with Gasteiger partial charge in [0.2, 0.25) is 5.91 Å². The molecule has 0 aliphatic carbocycles. The minimum Gasteiger partial charge on any atom is -0.381 e. The zero-order valence-electron chi connectivity index (χ0n) is 17.9. The van der Waals surface area contributed by atoms with Crippen molar-refractivity contribution in [1.29, 1.82) is 0 Å². The molecule has 0 radical (unpaired) electrons. The molecule has 0 unspecified atom stereocenters. The number of piperidine rings is 1. The lowest BCUT2D eigenvalue weighted by atomic mass is 9.88. The topological polar surface area (TPSA) is 56.6 Å². The summed E-state index contributed by atoms with van der Waals surface area (Å²) < 4.78 is 13.7. The van der Waals surface area contributed by atoms with Gasteiger partial charge in [0.15, 0.2) is 0 Å². The quantitative estimate of drug-likeness (QED) is 0.703. The molecule has 2 aliphatic heterocycles. The number of hydrogen-bond donors (Lipinski definition) is 0. The predicted octanol–water partition coefficient (Wildman–Crippen LogP) is 2.87.